The molecule has 2 aromatic carbocycles. The van der Waals surface area contributed by atoms with Gasteiger partial charge in [0.05, 0.1) is 12.0 Å². The first kappa shape index (κ1) is 17.5. The Morgan fingerprint density at radius 2 is 1.84 bits per heavy atom. The van der Waals surface area contributed by atoms with Crippen LogP contribution in [0.5, 0.6) is 11.5 Å². The molecule has 0 bridgehead atoms. The molecule has 0 spiro atoms. The summed E-state index contributed by atoms with van der Waals surface area (Å²) >= 11 is 6.68. The van der Waals surface area contributed by atoms with Crippen molar-refractivity contribution in [3.05, 3.63) is 64.6 Å². The molecule has 0 atom stereocenters. The molecule has 25 heavy (non-hydrogen) atoms. The quantitative estimate of drug-likeness (QED) is 0.639. The second-order valence-electron chi connectivity index (χ2n) is 5.52. The fourth-order valence-electron chi connectivity index (χ4n) is 2.45. The van der Waals surface area contributed by atoms with Gasteiger partial charge in [0.25, 0.3) is 5.91 Å². The van der Waals surface area contributed by atoms with E-state index in [0.29, 0.717) is 22.2 Å². The summed E-state index contributed by atoms with van der Waals surface area (Å²) in [4.78, 5) is 14.9. The zero-order chi connectivity index (χ0) is 17.8. The van der Waals surface area contributed by atoms with Gasteiger partial charge in [-0.25, -0.2) is 0 Å². The SMILES string of the molecule is COc1ccc(/C=C2\SC(=S)N(CCc3ccc(O)cc3)C2=O)cc1. The number of benzene rings is 2. The molecule has 1 fully saturated rings. The van der Waals surface area contributed by atoms with Crippen molar-refractivity contribution in [2.75, 3.05) is 13.7 Å². The second-order valence-corrected chi connectivity index (χ2v) is 7.20. The van der Waals surface area contributed by atoms with Crippen LogP contribution in [0.25, 0.3) is 6.08 Å². The molecule has 1 N–H and O–H groups in total. The van der Waals surface area contributed by atoms with Crippen molar-refractivity contribution in [1.29, 1.82) is 0 Å². The van der Waals surface area contributed by atoms with E-state index in [0.717, 1.165) is 16.9 Å². The molecule has 0 aromatic heterocycles. The third-order valence-corrected chi connectivity index (χ3v) is 5.23. The maximum atomic E-state index is 12.6. The first-order valence-corrected chi connectivity index (χ1v) is 8.96. The molecular formula is C19H17NO3S2. The van der Waals surface area contributed by atoms with Crippen LogP contribution in [-0.4, -0.2) is 33.9 Å². The summed E-state index contributed by atoms with van der Waals surface area (Å²) in [6.45, 7) is 0.523. The minimum atomic E-state index is -0.0652. The lowest BCUT2D eigenvalue weighted by molar-refractivity contribution is -0.122. The van der Waals surface area contributed by atoms with E-state index < -0.39 is 0 Å². The Hall–Kier alpha value is -2.31. The highest BCUT2D eigenvalue weighted by Gasteiger charge is 2.31. The van der Waals surface area contributed by atoms with E-state index in [1.165, 1.54) is 11.8 Å². The number of carbonyl (C=O) groups is 1. The van der Waals surface area contributed by atoms with Gasteiger partial charge in [-0.3, -0.25) is 9.69 Å². The van der Waals surface area contributed by atoms with Gasteiger partial charge in [0.1, 0.15) is 15.8 Å². The van der Waals surface area contributed by atoms with Gasteiger partial charge >= 0.3 is 0 Å². The summed E-state index contributed by atoms with van der Waals surface area (Å²) in [6, 6.07) is 14.5. The lowest BCUT2D eigenvalue weighted by Crippen LogP contribution is -2.30. The highest BCUT2D eigenvalue weighted by Crippen LogP contribution is 2.32. The highest BCUT2D eigenvalue weighted by molar-refractivity contribution is 8.26. The van der Waals surface area contributed by atoms with E-state index in [1.807, 2.05) is 42.5 Å². The maximum absolute atomic E-state index is 12.6. The molecule has 1 aliphatic rings. The molecule has 1 saturated heterocycles. The number of hydrogen-bond acceptors (Lipinski definition) is 5. The maximum Gasteiger partial charge on any atom is 0.266 e. The second kappa shape index (κ2) is 7.72. The number of methoxy groups -OCH3 is 1. The first-order valence-electron chi connectivity index (χ1n) is 7.74. The standard InChI is InChI=1S/C19H17NO3S2/c1-23-16-8-4-14(5-9-16)12-17-18(22)20(19(24)25-17)11-10-13-2-6-15(21)7-3-13/h2-9,12,21H,10-11H2,1H3/b17-12-. The lowest BCUT2D eigenvalue weighted by Gasteiger charge is -2.14. The molecule has 1 amide bonds. The van der Waals surface area contributed by atoms with Crippen molar-refractivity contribution in [3.8, 4) is 11.5 Å². The monoisotopic (exact) mass is 371 g/mol. The largest absolute Gasteiger partial charge is 0.508 e. The van der Waals surface area contributed by atoms with Crippen molar-refractivity contribution in [3.63, 3.8) is 0 Å². The van der Waals surface area contributed by atoms with Crippen LogP contribution in [0.1, 0.15) is 11.1 Å². The molecule has 0 saturated carbocycles. The molecule has 3 rings (SSSR count). The number of amides is 1. The normalized spacial score (nSPS) is 15.9. The van der Waals surface area contributed by atoms with Crippen molar-refractivity contribution in [2.24, 2.45) is 0 Å². The number of rotatable bonds is 5. The summed E-state index contributed by atoms with van der Waals surface area (Å²) in [5.74, 6) is 0.944. The molecule has 0 aliphatic carbocycles. The van der Waals surface area contributed by atoms with Gasteiger partial charge in [-0.05, 0) is 47.9 Å². The predicted molar refractivity (Wildman–Crippen MR) is 105 cm³/mol. The Bertz CT molecular complexity index is 814. The number of thiocarbonyl (C=S) groups is 1. The van der Waals surface area contributed by atoms with Gasteiger partial charge in [-0.2, -0.15) is 0 Å². The number of nitrogens with zero attached hydrogens (tertiary/aromatic N) is 1. The highest BCUT2D eigenvalue weighted by atomic mass is 32.2. The Morgan fingerprint density at radius 1 is 1.16 bits per heavy atom. The number of aromatic hydroxyl groups is 1. The summed E-state index contributed by atoms with van der Waals surface area (Å²) in [6.07, 6.45) is 2.53. The Labute approximate surface area is 156 Å². The number of thioether (sulfide) groups is 1. The van der Waals surface area contributed by atoms with Crippen LogP contribution >= 0.6 is 24.0 Å². The van der Waals surface area contributed by atoms with E-state index >= 15 is 0 Å². The van der Waals surface area contributed by atoms with Gasteiger partial charge in [0.15, 0.2) is 0 Å². The zero-order valence-corrected chi connectivity index (χ0v) is 15.3. The smallest absolute Gasteiger partial charge is 0.266 e. The molecule has 2 aromatic rings. The Kier molecular flexibility index (Phi) is 5.40. The van der Waals surface area contributed by atoms with Crippen LogP contribution in [0, 0.1) is 0 Å². The van der Waals surface area contributed by atoms with Gasteiger partial charge in [0, 0.05) is 6.54 Å². The number of phenols is 1. The molecule has 6 heteroatoms. The fourth-order valence-corrected chi connectivity index (χ4v) is 3.76. The third kappa shape index (κ3) is 4.21. The Balaban J connectivity index is 1.68. The van der Waals surface area contributed by atoms with Crippen LogP contribution < -0.4 is 4.74 Å². The van der Waals surface area contributed by atoms with Gasteiger partial charge in [0.2, 0.25) is 0 Å². The van der Waals surface area contributed by atoms with E-state index in [2.05, 4.69) is 0 Å². The predicted octanol–water partition coefficient (Wildman–Crippen LogP) is 3.84. The van der Waals surface area contributed by atoms with E-state index in [1.54, 1.807) is 24.1 Å². The van der Waals surface area contributed by atoms with Crippen LogP contribution in [0.15, 0.2) is 53.4 Å². The number of phenolic OH excluding ortho intramolecular Hbond substituents is 1. The summed E-state index contributed by atoms with van der Waals surface area (Å²) in [7, 11) is 1.62. The summed E-state index contributed by atoms with van der Waals surface area (Å²) in [5, 5.41) is 9.32. The minimum absolute atomic E-state index is 0.0652. The lowest BCUT2D eigenvalue weighted by atomic mass is 10.1. The van der Waals surface area contributed by atoms with Crippen LogP contribution in [0.3, 0.4) is 0 Å². The molecule has 0 unspecified atom stereocenters. The molecule has 0 radical (unpaired) electrons. The van der Waals surface area contributed by atoms with Gasteiger partial charge in [-0.1, -0.05) is 48.2 Å². The van der Waals surface area contributed by atoms with E-state index in [9.17, 15) is 9.90 Å². The van der Waals surface area contributed by atoms with Crippen LogP contribution in [0.4, 0.5) is 0 Å². The van der Waals surface area contributed by atoms with Gasteiger partial charge < -0.3 is 9.84 Å². The fraction of sp³-hybridized carbons (Fsp3) is 0.158. The number of ether oxygens (including phenoxy) is 1. The first-order chi connectivity index (χ1) is 12.1. The average molecular weight is 371 g/mol. The molecular weight excluding hydrogens is 354 g/mol. The van der Waals surface area contributed by atoms with Gasteiger partial charge in [-0.15, -0.1) is 0 Å². The molecule has 1 heterocycles. The zero-order valence-electron chi connectivity index (χ0n) is 13.6. The summed E-state index contributed by atoms with van der Waals surface area (Å²) in [5.41, 5.74) is 1.98. The van der Waals surface area contributed by atoms with E-state index in [-0.39, 0.29) is 11.7 Å². The number of hydrogen-bond donors (Lipinski definition) is 1. The van der Waals surface area contributed by atoms with Crippen LogP contribution in [-0.2, 0) is 11.2 Å². The van der Waals surface area contributed by atoms with E-state index in [4.69, 9.17) is 17.0 Å². The molecule has 4 nitrogen and oxygen atoms in total. The van der Waals surface area contributed by atoms with Crippen molar-refractivity contribution < 1.29 is 14.6 Å². The van der Waals surface area contributed by atoms with Crippen molar-refractivity contribution in [1.82, 2.24) is 4.90 Å². The van der Waals surface area contributed by atoms with Crippen molar-refractivity contribution >= 4 is 40.3 Å². The van der Waals surface area contributed by atoms with Crippen molar-refractivity contribution in [2.45, 2.75) is 6.42 Å². The number of carbonyl (C=O) groups excluding carboxylic acids is 1. The van der Waals surface area contributed by atoms with Crippen LogP contribution in [0.2, 0.25) is 0 Å². The third-order valence-electron chi connectivity index (χ3n) is 3.85. The summed E-state index contributed by atoms with van der Waals surface area (Å²) < 4.78 is 5.71. The molecule has 1 aliphatic heterocycles. The molecule has 128 valence electrons. The Morgan fingerprint density at radius 3 is 2.48 bits per heavy atom. The average Bonchev–Trinajstić information content (AvgIpc) is 2.89. The minimum Gasteiger partial charge on any atom is -0.508 e. The topological polar surface area (TPSA) is 49.8 Å².